The molecule has 2 aliphatic heterocycles. The van der Waals surface area contributed by atoms with E-state index in [2.05, 4.69) is 39.2 Å². The number of aliphatic carboxylic acids is 1. The Balaban J connectivity index is 1.02. The molecule has 1 aliphatic carbocycles. The number of hydrogen-bond donors (Lipinski definition) is 3. The van der Waals surface area contributed by atoms with Gasteiger partial charge in [0.15, 0.2) is 5.82 Å². The second kappa shape index (κ2) is 13.8. The Morgan fingerprint density at radius 3 is 2.56 bits per heavy atom. The number of carboxylic acids is 1. The predicted octanol–water partition coefficient (Wildman–Crippen LogP) is 7.33. The molecule has 0 spiro atoms. The van der Waals surface area contributed by atoms with E-state index in [1.165, 1.54) is 0 Å². The highest BCUT2D eigenvalue weighted by Gasteiger charge is 2.40. The van der Waals surface area contributed by atoms with Gasteiger partial charge in [0.1, 0.15) is 11.0 Å². The topological polar surface area (TPSA) is 171 Å². The molecular formula is C42H41N7O6. The van der Waals surface area contributed by atoms with Crippen molar-refractivity contribution in [2.75, 3.05) is 31.5 Å². The quantitative estimate of drug-likeness (QED) is 0.0998. The number of nitrogens with zero attached hydrogens (tertiary/aromatic N) is 6. The van der Waals surface area contributed by atoms with Crippen LogP contribution in [-0.4, -0.2) is 78.1 Å². The second-order valence-electron chi connectivity index (χ2n) is 15.1. The molecule has 2 fully saturated rings. The number of anilines is 2. The summed E-state index contributed by atoms with van der Waals surface area (Å²) in [6.45, 7) is 7.43. The number of β-amino-alcohol motifs (C(OH)–C–C–N with tert-alkyl or cyclic N) is 1. The fourth-order valence-electron chi connectivity index (χ4n) is 8.91. The molecule has 0 radical (unpaired) electrons. The molecule has 13 nitrogen and oxygen atoms in total. The molecule has 3 aromatic heterocycles. The number of nitro benzene ring substituents is 1. The van der Waals surface area contributed by atoms with Gasteiger partial charge < -0.3 is 19.9 Å². The summed E-state index contributed by atoms with van der Waals surface area (Å²) in [5, 5.41) is 36.6. The number of carboxylic acid groups (broad SMARTS) is 1. The number of benzene rings is 3. The van der Waals surface area contributed by atoms with Crippen molar-refractivity contribution < 1.29 is 24.3 Å². The van der Waals surface area contributed by atoms with Crippen molar-refractivity contribution >= 4 is 45.2 Å². The fourth-order valence-corrected chi connectivity index (χ4v) is 8.91. The molecule has 3 aromatic carbocycles. The van der Waals surface area contributed by atoms with Crippen molar-refractivity contribution in [2.24, 2.45) is 5.92 Å². The first-order valence-electron chi connectivity index (χ1n) is 18.8. The van der Waals surface area contributed by atoms with Gasteiger partial charge in [-0.2, -0.15) is 0 Å². The molecule has 9 rings (SSSR count). The third-order valence-corrected chi connectivity index (χ3v) is 11.8. The average molecular weight is 740 g/mol. The molecule has 0 saturated carbocycles. The minimum Gasteiger partial charge on any atom is -0.481 e. The first-order valence-corrected chi connectivity index (χ1v) is 18.8. The minimum atomic E-state index is -0.802. The lowest BCUT2D eigenvalue weighted by atomic mass is 9.93. The zero-order chi connectivity index (χ0) is 38.0. The minimum absolute atomic E-state index is 0.0506. The Hall–Kier alpha value is -5.76. The standard InChI is InChI=1S/C42H41N7O6/c1-23-29(30-6-4-8-34(24(30)2)45-40-37-26(11-14-43-40)17-25(19-44-37)20-47-15-13-28(50)22-47)5-3-7-31(23)41-46-35-18-33-32(38(49(53)54)39(35)55-41)9-10-36(33)48-16-12-27(21-48)42(51)52/h3-8,11,14,17-19,27-28,36,50H,9-10,12-13,15-16,20-22H2,1-2H3,(H,43,45)(H,51,52)/t27-,28-,36-/m1/s1. The van der Waals surface area contributed by atoms with Crippen LogP contribution < -0.4 is 5.32 Å². The number of likely N-dealkylation sites (tertiary alicyclic amines) is 2. The lowest BCUT2D eigenvalue weighted by Crippen LogP contribution is -2.26. The first-order chi connectivity index (χ1) is 26.6. The van der Waals surface area contributed by atoms with Gasteiger partial charge in [-0.05, 0) is 110 Å². The fraction of sp³-hybridized carbons (Fsp3) is 0.333. The van der Waals surface area contributed by atoms with Gasteiger partial charge in [-0.15, -0.1) is 0 Å². The van der Waals surface area contributed by atoms with Gasteiger partial charge in [-0.1, -0.05) is 24.3 Å². The molecule has 0 unspecified atom stereocenters. The van der Waals surface area contributed by atoms with E-state index in [1.54, 1.807) is 6.20 Å². The molecule has 3 atom stereocenters. The Bertz CT molecular complexity index is 2520. The number of rotatable bonds is 9. The van der Waals surface area contributed by atoms with Crippen molar-refractivity contribution in [2.45, 2.75) is 58.2 Å². The smallest absolute Gasteiger partial charge is 0.317 e. The highest BCUT2D eigenvalue weighted by atomic mass is 16.6. The average Bonchev–Trinajstić information content (AvgIpc) is 3.98. The maximum atomic E-state index is 12.6. The van der Waals surface area contributed by atoms with Gasteiger partial charge in [-0.25, -0.2) is 9.97 Å². The number of carbonyl (C=O) groups is 1. The number of fused-ring (bicyclic) bond motifs is 3. The molecule has 280 valence electrons. The van der Waals surface area contributed by atoms with Crippen LogP contribution in [0.4, 0.5) is 17.2 Å². The van der Waals surface area contributed by atoms with E-state index in [1.807, 2.05) is 55.6 Å². The zero-order valence-electron chi connectivity index (χ0n) is 30.7. The van der Waals surface area contributed by atoms with Crippen LogP contribution in [0.15, 0.2) is 71.4 Å². The van der Waals surface area contributed by atoms with Crippen LogP contribution in [0.2, 0.25) is 0 Å². The molecule has 3 N–H and O–H groups in total. The van der Waals surface area contributed by atoms with Crippen LogP contribution in [0.3, 0.4) is 0 Å². The summed E-state index contributed by atoms with van der Waals surface area (Å²) in [7, 11) is 0. The highest BCUT2D eigenvalue weighted by Crippen LogP contribution is 2.47. The SMILES string of the molecule is Cc1c(Nc2nccc3cc(CN4CC[C@@H](O)C4)cnc23)cccc1-c1cccc(-c2nc3cc4c(c([N+](=O)[O-])c3o2)CC[C@H]4N2CC[C@@H](C(=O)O)C2)c1C. The number of pyridine rings is 2. The number of hydrogen-bond acceptors (Lipinski definition) is 11. The highest BCUT2D eigenvalue weighted by molar-refractivity contribution is 5.92. The number of aliphatic hydroxyl groups excluding tert-OH is 1. The summed E-state index contributed by atoms with van der Waals surface area (Å²) in [6, 6.07) is 17.9. The second-order valence-corrected chi connectivity index (χ2v) is 15.1. The van der Waals surface area contributed by atoms with Crippen molar-refractivity contribution in [3.63, 3.8) is 0 Å². The van der Waals surface area contributed by atoms with Crippen molar-refractivity contribution in [1.82, 2.24) is 24.8 Å². The van der Waals surface area contributed by atoms with E-state index >= 15 is 0 Å². The third kappa shape index (κ3) is 6.27. The van der Waals surface area contributed by atoms with Crippen molar-refractivity contribution in [3.8, 4) is 22.6 Å². The summed E-state index contributed by atoms with van der Waals surface area (Å²) in [5.74, 6) is -0.272. The summed E-state index contributed by atoms with van der Waals surface area (Å²) in [4.78, 5) is 42.5. The molecule has 13 heteroatoms. The lowest BCUT2D eigenvalue weighted by Gasteiger charge is -2.24. The normalized spacial score (nSPS) is 20.1. The monoisotopic (exact) mass is 739 g/mol. The summed E-state index contributed by atoms with van der Waals surface area (Å²) >= 11 is 0. The Labute approximate surface area is 316 Å². The number of nitro groups is 1. The van der Waals surface area contributed by atoms with Crippen LogP contribution in [0.1, 0.15) is 53.1 Å². The van der Waals surface area contributed by atoms with Crippen LogP contribution >= 0.6 is 0 Å². The number of oxazole rings is 1. The van der Waals surface area contributed by atoms with Crippen LogP contribution in [-0.2, 0) is 17.8 Å². The number of aromatic nitrogens is 3. The molecule has 55 heavy (non-hydrogen) atoms. The molecule has 0 amide bonds. The number of nitrogens with one attached hydrogen (secondary N) is 1. The van der Waals surface area contributed by atoms with E-state index in [0.717, 1.165) is 75.0 Å². The largest absolute Gasteiger partial charge is 0.481 e. The first kappa shape index (κ1) is 35.0. The van der Waals surface area contributed by atoms with E-state index in [9.17, 15) is 25.1 Å². The maximum absolute atomic E-state index is 12.6. The molecular weight excluding hydrogens is 699 g/mol. The van der Waals surface area contributed by atoms with Crippen LogP contribution in [0, 0.1) is 29.9 Å². The van der Waals surface area contributed by atoms with Crippen LogP contribution in [0.25, 0.3) is 44.6 Å². The Kier molecular flexibility index (Phi) is 8.79. The number of aliphatic hydroxyl groups is 1. The van der Waals surface area contributed by atoms with Gasteiger partial charge in [0.25, 0.3) is 0 Å². The third-order valence-electron chi connectivity index (χ3n) is 11.8. The Morgan fingerprint density at radius 2 is 1.80 bits per heavy atom. The van der Waals surface area contributed by atoms with Gasteiger partial charge in [0.05, 0.1) is 16.9 Å². The molecule has 0 bridgehead atoms. The van der Waals surface area contributed by atoms with Crippen LogP contribution in [0.5, 0.6) is 0 Å². The van der Waals surface area contributed by atoms with Gasteiger partial charge >= 0.3 is 11.7 Å². The molecule has 2 saturated heterocycles. The van der Waals surface area contributed by atoms with Crippen molar-refractivity contribution in [1.29, 1.82) is 0 Å². The summed E-state index contributed by atoms with van der Waals surface area (Å²) in [6.07, 6.45) is 5.97. The lowest BCUT2D eigenvalue weighted by molar-refractivity contribution is -0.384. The van der Waals surface area contributed by atoms with Crippen molar-refractivity contribution in [3.05, 3.63) is 105 Å². The summed E-state index contributed by atoms with van der Waals surface area (Å²) < 4.78 is 6.29. The van der Waals surface area contributed by atoms with Gasteiger partial charge in [0, 0.05) is 66.8 Å². The van der Waals surface area contributed by atoms with E-state index in [-0.39, 0.29) is 28.3 Å². The van der Waals surface area contributed by atoms with Gasteiger partial charge in [-0.3, -0.25) is 29.7 Å². The van der Waals surface area contributed by atoms with E-state index < -0.39 is 11.9 Å². The molecule has 3 aliphatic rings. The Morgan fingerprint density at radius 1 is 1.00 bits per heavy atom. The zero-order valence-corrected chi connectivity index (χ0v) is 30.7. The summed E-state index contributed by atoms with van der Waals surface area (Å²) in [5.41, 5.74) is 9.40. The van der Waals surface area contributed by atoms with E-state index in [0.29, 0.717) is 61.7 Å². The molecule has 5 heterocycles. The maximum Gasteiger partial charge on any atom is 0.317 e. The van der Waals surface area contributed by atoms with Gasteiger partial charge in [0.2, 0.25) is 11.5 Å². The van der Waals surface area contributed by atoms with E-state index in [4.69, 9.17) is 14.4 Å². The molecule has 6 aromatic rings. The predicted molar refractivity (Wildman–Crippen MR) is 208 cm³/mol.